The van der Waals surface area contributed by atoms with Gasteiger partial charge in [-0.3, -0.25) is 0 Å². The second-order valence-corrected chi connectivity index (χ2v) is 7.57. The van der Waals surface area contributed by atoms with Gasteiger partial charge in [-0.15, -0.1) is 0 Å². The number of hydrogen-bond acceptors (Lipinski definition) is 4. The van der Waals surface area contributed by atoms with Crippen molar-refractivity contribution < 1.29 is 18.9 Å². The minimum absolute atomic E-state index is 0.0921. The van der Waals surface area contributed by atoms with Crippen LogP contribution in [0.25, 0.3) is 21.9 Å². The highest BCUT2D eigenvalue weighted by atomic mass is 16.7. The molecule has 144 valence electrons. The molecule has 4 heteroatoms. The van der Waals surface area contributed by atoms with Crippen LogP contribution in [0.15, 0.2) is 60.7 Å². The van der Waals surface area contributed by atoms with E-state index in [2.05, 4.69) is 54.6 Å². The van der Waals surface area contributed by atoms with Crippen molar-refractivity contribution in [2.45, 2.75) is 30.8 Å². The minimum atomic E-state index is -0.391. The Bertz CT molecular complexity index is 1000. The van der Waals surface area contributed by atoms with E-state index in [1.807, 2.05) is 6.07 Å². The van der Waals surface area contributed by atoms with Crippen LogP contribution in [-0.4, -0.2) is 33.2 Å². The van der Waals surface area contributed by atoms with Gasteiger partial charge in [0.05, 0.1) is 19.8 Å². The molecule has 5 rings (SSSR count). The molecular weight excluding hydrogens is 352 g/mol. The van der Waals surface area contributed by atoms with Gasteiger partial charge in [-0.2, -0.15) is 0 Å². The molecule has 0 amide bonds. The highest BCUT2D eigenvalue weighted by molar-refractivity contribution is 5.99. The van der Waals surface area contributed by atoms with Crippen molar-refractivity contribution in [3.63, 3.8) is 0 Å². The molecule has 0 radical (unpaired) electrons. The van der Waals surface area contributed by atoms with Gasteiger partial charge >= 0.3 is 0 Å². The molecule has 3 aromatic carbocycles. The van der Waals surface area contributed by atoms with Gasteiger partial charge in [0.25, 0.3) is 0 Å². The van der Waals surface area contributed by atoms with Crippen LogP contribution in [0.5, 0.6) is 5.75 Å². The predicted molar refractivity (Wildman–Crippen MR) is 108 cm³/mol. The van der Waals surface area contributed by atoms with Crippen LogP contribution >= 0.6 is 0 Å². The first-order chi connectivity index (χ1) is 13.7. The van der Waals surface area contributed by atoms with E-state index in [1.54, 1.807) is 14.2 Å². The van der Waals surface area contributed by atoms with Crippen molar-refractivity contribution in [1.82, 2.24) is 0 Å². The summed E-state index contributed by atoms with van der Waals surface area (Å²) in [5.74, 6) is 0.873. The molecule has 2 heterocycles. The van der Waals surface area contributed by atoms with Gasteiger partial charge in [-0.05, 0) is 34.0 Å². The van der Waals surface area contributed by atoms with E-state index < -0.39 is 5.60 Å². The smallest absolute Gasteiger partial charge is 0.161 e. The van der Waals surface area contributed by atoms with E-state index >= 15 is 0 Å². The summed E-state index contributed by atoms with van der Waals surface area (Å²) < 4.78 is 23.4. The van der Waals surface area contributed by atoms with Crippen molar-refractivity contribution >= 4 is 10.8 Å². The second-order valence-electron chi connectivity index (χ2n) is 7.57. The van der Waals surface area contributed by atoms with E-state index in [4.69, 9.17) is 18.9 Å². The zero-order chi connectivity index (χ0) is 19.1. The maximum Gasteiger partial charge on any atom is 0.161 e. The molecule has 3 atom stereocenters. The molecule has 0 saturated carbocycles. The van der Waals surface area contributed by atoms with Crippen LogP contribution in [0.2, 0.25) is 0 Å². The summed E-state index contributed by atoms with van der Waals surface area (Å²) in [6, 6.07) is 21.2. The number of ether oxygens (including phenoxy) is 4. The second kappa shape index (κ2) is 6.89. The van der Waals surface area contributed by atoms with Gasteiger partial charge in [0, 0.05) is 25.5 Å². The van der Waals surface area contributed by atoms with E-state index in [-0.39, 0.29) is 12.4 Å². The Morgan fingerprint density at radius 3 is 2.68 bits per heavy atom. The van der Waals surface area contributed by atoms with Gasteiger partial charge in [0.1, 0.15) is 11.4 Å². The highest BCUT2D eigenvalue weighted by Crippen LogP contribution is 2.45. The lowest BCUT2D eigenvalue weighted by molar-refractivity contribution is -0.171. The predicted octanol–water partition coefficient (Wildman–Crippen LogP) is 4.89. The van der Waals surface area contributed by atoms with E-state index in [0.717, 1.165) is 28.9 Å². The van der Waals surface area contributed by atoms with Gasteiger partial charge in [0.2, 0.25) is 0 Å². The fourth-order valence-corrected chi connectivity index (χ4v) is 4.64. The van der Waals surface area contributed by atoms with Gasteiger partial charge in [-0.25, -0.2) is 0 Å². The first-order valence-electron chi connectivity index (χ1n) is 9.71. The molecule has 0 spiro atoms. The Morgan fingerprint density at radius 2 is 1.86 bits per heavy atom. The number of hydrogen-bond donors (Lipinski definition) is 0. The van der Waals surface area contributed by atoms with Crippen molar-refractivity contribution in [3.8, 4) is 16.9 Å². The summed E-state index contributed by atoms with van der Waals surface area (Å²) in [5, 5.41) is 2.38. The molecule has 28 heavy (non-hydrogen) atoms. The molecule has 0 aromatic heterocycles. The minimum Gasteiger partial charge on any atom is -0.496 e. The van der Waals surface area contributed by atoms with Crippen molar-refractivity contribution in [3.05, 3.63) is 66.2 Å². The van der Waals surface area contributed by atoms with Crippen LogP contribution in [0.3, 0.4) is 0 Å². The first-order valence-corrected chi connectivity index (χ1v) is 9.71. The molecule has 3 aromatic rings. The quantitative estimate of drug-likeness (QED) is 0.649. The van der Waals surface area contributed by atoms with Crippen LogP contribution in [0, 0.1) is 0 Å². The molecule has 0 aliphatic carbocycles. The summed E-state index contributed by atoms with van der Waals surface area (Å²) in [7, 11) is 3.51. The summed E-state index contributed by atoms with van der Waals surface area (Å²) in [5.41, 5.74) is 3.01. The zero-order valence-corrected chi connectivity index (χ0v) is 16.2. The molecular formula is C24H24O4. The van der Waals surface area contributed by atoms with Crippen LogP contribution in [-0.2, 0) is 19.8 Å². The van der Waals surface area contributed by atoms with Crippen LogP contribution in [0.1, 0.15) is 18.4 Å². The third-order valence-corrected chi connectivity index (χ3v) is 6.04. The molecule has 2 fully saturated rings. The lowest BCUT2D eigenvalue weighted by Crippen LogP contribution is -2.40. The van der Waals surface area contributed by atoms with Gasteiger partial charge in [0.15, 0.2) is 6.29 Å². The number of benzene rings is 3. The third-order valence-electron chi connectivity index (χ3n) is 6.04. The normalized spacial score (nSPS) is 26.5. The Balaban J connectivity index is 1.65. The lowest BCUT2D eigenvalue weighted by atomic mass is 9.82. The van der Waals surface area contributed by atoms with Crippen molar-refractivity contribution in [2.75, 3.05) is 20.8 Å². The number of fused-ring (bicyclic) bond motifs is 3. The van der Waals surface area contributed by atoms with Crippen molar-refractivity contribution in [1.29, 1.82) is 0 Å². The Morgan fingerprint density at radius 1 is 0.964 bits per heavy atom. The van der Waals surface area contributed by atoms with Crippen molar-refractivity contribution in [2.24, 2.45) is 0 Å². The maximum absolute atomic E-state index is 6.09. The molecule has 2 aliphatic rings. The van der Waals surface area contributed by atoms with E-state index in [9.17, 15) is 0 Å². The third kappa shape index (κ3) is 2.80. The zero-order valence-electron chi connectivity index (χ0n) is 16.2. The lowest BCUT2D eigenvalue weighted by Gasteiger charge is -2.39. The highest BCUT2D eigenvalue weighted by Gasteiger charge is 2.47. The van der Waals surface area contributed by atoms with Crippen LogP contribution < -0.4 is 4.74 Å². The first kappa shape index (κ1) is 17.7. The maximum atomic E-state index is 6.09. The Labute approximate surface area is 165 Å². The summed E-state index contributed by atoms with van der Waals surface area (Å²) >= 11 is 0. The number of rotatable bonds is 4. The fraction of sp³-hybridized carbons (Fsp3) is 0.333. The van der Waals surface area contributed by atoms with Gasteiger partial charge < -0.3 is 18.9 Å². The van der Waals surface area contributed by atoms with Gasteiger partial charge in [-0.1, -0.05) is 48.5 Å². The topological polar surface area (TPSA) is 36.9 Å². The molecule has 2 saturated heterocycles. The summed E-state index contributed by atoms with van der Waals surface area (Å²) in [6.07, 6.45) is 1.41. The van der Waals surface area contributed by atoms with Crippen LogP contribution in [0.4, 0.5) is 0 Å². The SMILES string of the molecule is COc1ccc2ccccc2c1-c1cccc([C@@]2(OC)C[C@@H]3CO[C@H](C2)O3)c1. The van der Waals surface area contributed by atoms with E-state index in [1.165, 1.54) is 10.8 Å². The number of methoxy groups -OCH3 is 2. The largest absolute Gasteiger partial charge is 0.496 e. The summed E-state index contributed by atoms with van der Waals surface area (Å²) in [6.45, 7) is 0.645. The molecule has 4 nitrogen and oxygen atoms in total. The molecule has 0 unspecified atom stereocenters. The monoisotopic (exact) mass is 376 g/mol. The fourth-order valence-electron chi connectivity index (χ4n) is 4.64. The molecule has 0 N–H and O–H groups in total. The van der Waals surface area contributed by atoms with E-state index in [0.29, 0.717) is 13.0 Å². The average Bonchev–Trinajstić information content (AvgIpc) is 3.10. The molecule has 2 bridgehead atoms. The average molecular weight is 376 g/mol. The standard InChI is InChI=1S/C24H24O4/c1-25-21-11-10-16-6-3-4-9-20(16)23(21)17-7-5-8-18(12-17)24(26-2)13-19-15-27-22(14-24)28-19/h3-12,19,22H,13-15H2,1-2H3/t19-,22+,24-/m1/s1. The molecule has 2 aliphatic heterocycles. The Hall–Kier alpha value is -2.40. The Kier molecular flexibility index (Phi) is 4.35. The summed E-state index contributed by atoms with van der Waals surface area (Å²) in [4.78, 5) is 0.